The molecule has 74 heavy (non-hydrogen) atoms. The second-order valence-corrected chi connectivity index (χ2v) is 19.7. The number of hydrogen-bond acceptors (Lipinski definition) is 5. The highest BCUT2D eigenvalue weighted by Crippen LogP contribution is 2.15. The highest BCUT2D eigenvalue weighted by molar-refractivity contribution is 5.70. The van der Waals surface area contributed by atoms with Crippen molar-refractivity contribution in [2.24, 2.45) is 0 Å². The van der Waals surface area contributed by atoms with E-state index >= 15 is 0 Å². The molecule has 0 aliphatic heterocycles. The first-order valence-corrected chi connectivity index (χ1v) is 30.4. The van der Waals surface area contributed by atoms with E-state index in [2.05, 4.69) is 160 Å². The topological polar surface area (TPSA) is 72.8 Å². The summed E-state index contributed by atoms with van der Waals surface area (Å²) in [7, 11) is 0. The van der Waals surface area contributed by atoms with Crippen LogP contribution in [0.2, 0.25) is 0 Å². The molecule has 0 amide bonds. The summed E-state index contributed by atoms with van der Waals surface area (Å²) < 4.78 is 10.7. The van der Waals surface area contributed by atoms with Gasteiger partial charge in [0.05, 0.1) is 6.61 Å². The summed E-state index contributed by atoms with van der Waals surface area (Å²) >= 11 is 0. The quantitative estimate of drug-likeness (QED) is 0.0373. The maximum atomic E-state index is 12.3. The molecule has 0 aromatic rings. The molecule has 0 saturated heterocycles. The van der Waals surface area contributed by atoms with E-state index in [-0.39, 0.29) is 25.2 Å². The Morgan fingerprint density at radius 1 is 0.324 bits per heavy atom. The number of aliphatic hydroxyl groups excluding tert-OH is 1. The van der Waals surface area contributed by atoms with Gasteiger partial charge in [-0.25, -0.2) is 0 Å². The van der Waals surface area contributed by atoms with Crippen LogP contribution in [0.1, 0.15) is 258 Å². The summed E-state index contributed by atoms with van der Waals surface area (Å²) in [5, 5.41) is 9.67. The highest BCUT2D eigenvalue weighted by atomic mass is 16.6. The molecule has 0 heterocycles. The number of ether oxygens (including phenoxy) is 2. The van der Waals surface area contributed by atoms with Crippen LogP contribution in [0.25, 0.3) is 0 Å². The molecule has 1 unspecified atom stereocenters. The Kier molecular flexibility index (Phi) is 59.5. The minimum atomic E-state index is -0.792. The number of hydrogen-bond donors (Lipinski definition) is 1. The van der Waals surface area contributed by atoms with Crippen LogP contribution in [0.5, 0.6) is 0 Å². The Labute approximate surface area is 457 Å². The molecule has 0 fully saturated rings. The van der Waals surface area contributed by atoms with Gasteiger partial charge in [-0.2, -0.15) is 0 Å². The second kappa shape index (κ2) is 63.1. The van der Waals surface area contributed by atoms with Gasteiger partial charge in [0.15, 0.2) is 6.10 Å². The molecule has 1 N–H and O–H groups in total. The zero-order chi connectivity index (χ0) is 53.4. The van der Waals surface area contributed by atoms with Gasteiger partial charge in [0.25, 0.3) is 0 Å². The van der Waals surface area contributed by atoms with E-state index in [1.54, 1.807) is 0 Å². The minimum Gasteiger partial charge on any atom is -0.462 e. The fourth-order valence-electron chi connectivity index (χ4n) is 8.08. The number of aliphatic hydroxyl groups is 1. The van der Waals surface area contributed by atoms with Crippen LogP contribution < -0.4 is 0 Å². The largest absolute Gasteiger partial charge is 0.462 e. The maximum absolute atomic E-state index is 12.3. The van der Waals surface area contributed by atoms with Crippen molar-refractivity contribution in [2.75, 3.05) is 13.2 Å². The van der Waals surface area contributed by atoms with E-state index in [0.717, 1.165) is 116 Å². The van der Waals surface area contributed by atoms with Crippen LogP contribution in [-0.2, 0) is 19.1 Å². The Bertz CT molecular complexity index is 1580. The molecule has 5 nitrogen and oxygen atoms in total. The first-order valence-electron chi connectivity index (χ1n) is 30.4. The second-order valence-electron chi connectivity index (χ2n) is 19.7. The van der Waals surface area contributed by atoms with Crippen molar-refractivity contribution in [3.05, 3.63) is 146 Å². The van der Waals surface area contributed by atoms with E-state index in [0.29, 0.717) is 12.8 Å². The van der Waals surface area contributed by atoms with E-state index in [4.69, 9.17) is 9.47 Å². The Morgan fingerprint density at radius 2 is 0.581 bits per heavy atom. The lowest BCUT2D eigenvalue weighted by Crippen LogP contribution is -2.28. The summed E-state index contributed by atoms with van der Waals surface area (Å²) in [4.78, 5) is 24.6. The molecular weight excluding hydrogens is 909 g/mol. The van der Waals surface area contributed by atoms with Gasteiger partial charge in [0.1, 0.15) is 6.61 Å². The number of unbranched alkanes of at least 4 members (excludes halogenated alkanes) is 22. The predicted molar refractivity (Wildman–Crippen MR) is 324 cm³/mol. The van der Waals surface area contributed by atoms with Crippen molar-refractivity contribution in [2.45, 2.75) is 264 Å². The van der Waals surface area contributed by atoms with Gasteiger partial charge in [-0.05, 0) is 122 Å². The smallest absolute Gasteiger partial charge is 0.306 e. The van der Waals surface area contributed by atoms with Crippen LogP contribution in [0.4, 0.5) is 0 Å². The summed E-state index contributed by atoms with van der Waals surface area (Å²) in [5.74, 6) is -0.615. The van der Waals surface area contributed by atoms with Crippen molar-refractivity contribution < 1.29 is 24.2 Å². The van der Waals surface area contributed by atoms with Gasteiger partial charge >= 0.3 is 11.9 Å². The van der Waals surface area contributed by atoms with E-state index < -0.39 is 6.10 Å². The molecule has 418 valence electrons. The SMILES string of the molecule is CC/C=C\C/C=C\C/C=C\C/C=C\C/C=C\C/C=C\C/C=C\C/C=C\C/C=C\C/C=C\CCCCCCCCC(=O)OC(CO)COC(=O)CCCCCCCCCCCCC/C=C\C/C=C\CCCCCCC. The molecule has 0 rings (SSSR count). The van der Waals surface area contributed by atoms with Gasteiger partial charge in [0, 0.05) is 12.8 Å². The molecule has 0 bridgehead atoms. The Hall–Kier alpha value is -4.22. The number of carbonyl (C=O) groups is 2. The number of rotatable bonds is 54. The van der Waals surface area contributed by atoms with Crippen molar-refractivity contribution in [3.8, 4) is 0 Å². The summed E-state index contributed by atoms with van der Waals surface area (Å²) in [6, 6.07) is 0. The van der Waals surface area contributed by atoms with Gasteiger partial charge in [-0.1, -0.05) is 269 Å². The predicted octanol–water partition coefficient (Wildman–Crippen LogP) is 21.0. The van der Waals surface area contributed by atoms with Crippen molar-refractivity contribution in [3.63, 3.8) is 0 Å². The van der Waals surface area contributed by atoms with Crippen LogP contribution in [0.3, 0.4) is 0 Å². The average molecular weight is 1020 g/mol. The molecule has 0 saturated carbocycles. The van der Waals surface area contributed by atoms with Crippen molar-refractivity contribution >= 4 is 11.9 Å². The summed E-state index contributed by atoms with van der Waals surface area (Å²) in [6.45, 7) is 4.01. The standard InChI is InChI=1S/C69H112O5/c1-3-5-7-9-11-13-15-17-19-21-23-25-27-28-29-30-31-32-33-34-35-36-37-38-39-40-42-44-46-48-50-52-54-56-58-60-62-64-69(72)74-67(65-70)66-73-68(71)63-61-59-57-55-53-51-49-47-45-43-41-26-24-22-20-18-16-14-12-10-8-6-4-2/h5,7,11,13,16-19,22-25,28-29,31-32,34-35,37-38,40,42,46,48,67,70H,3-4,6,8-10,12,14-15,20-21,26-27,30,33,36,39,41,43-45,47,49-66H2,1-2H3/b7-5-,13-11-,18-16-,19-17-,24-22-,25-23-,29-28-,32-31-,35-34-,38-37-,42-40-,48-46-. The van der Waals surface area contributed by atoms with Gasteiger partial charge in [0.2, 0.25) is 0 Å². The minimum absolute atomic E-state index is 0.0808. The lowest BCUT2D eigenvalue weighted by molar-refractivity contribution is -0.161. The van der Waals surface area contributed by atoms with Crippen LogP contribution >= 0.6 is 0 Å². The first-order chi connectivity index (χ1) is 36.6. The van der Waals surface area contributed by atoms with Crippen LogP contribution in [0.15, 0.2) is 146 Å². The normalized spacial score (nSPS) is 13.3. The summed E-state index contributed by atoms with van der Waals surface area (Å²) in [5.41, 5.74) is 0. The maximum Gasteiger partial charge on any atom is 0.306 e. The lowest BCUT2D eigenvalue weighted by atomic mass is 10.0. The van der Waals surface area contributed by atoms with Gasteiger partial charge in [-0.15, -0.1) is 0 Å². The summed E-state index contributed by atoms with van der Waals surface area (Å²) in [6.07, 6.45) is 95.3. The third-order valence-electron chi connectivity index (χ3n) is 12.6. The highest BCUT2D eigenvalue weighted by Gasteiger charge is 2.16. The monoisotopic (exact) mass is 1020 g/mol. The van der Waals surface area contributed by atoms with E-state index in [1.807, 2.05) is 0 Å². The fourth-order valence-corrected chi connectivity index (χ4v) is 8.08. The lowest BCUT2D eigenvalue weighted by Gasteiger charge is -2.15. The fraction of sp³-hybridized carbons (Fsp3) is 0.623. The molecule has 0 aliphatic rings. The average Bonchev–Trinajstić information content (AvgIpc) is 3.40. The zero-order valence-electron chi connectivity index (χ0n) is 47.8. The Morgan fingerprint density at radius 3 is 0.878 bits per heavy atom. The molecule has 0 spiro atoms. The number of allylic oxidation sites excluding steroid dienone is 24. The van der Waals surface area contributed by atoms with Gasteiger partial charge in [-0.3, -0.25) is 9.59 Å². The Balaban J connectivity index is 3.62. The van der Waals surface area contributed by atoms with Crippen molar-refractivity contribution in [1.82, 2.24) is 0 Å². The number of carbonyl (C=O) groups excluding carboxylic acids is 2. The molecule has 0 aromatic carbocycles. The first kappa shape index (κ1) is 69.8. The molecule has 0 aliphatic carbocycles. The third-order valence-corrected chi connectivity index (χ3v) is 12.6. The van der Waals surface area contributed by atoms with Crippen LogP contribution in [0, 0.1) is 0 Å². The van der Waals surface area contributed by atoms with E-state index in [1.165, 1.54) is 116 Å². The zero-order valence-corrected chi connectivity index (χ0v) is 47.8. The van der Waals surface area contributed by atoms with E-state index in [9.17, 15) is 14.7 Å². The molecule has 0 radical (unpaired) electrons. The molecule has 1 atom stereocenters. The van der Waals surface area contributed by atoms with Crippen LogP contribution in [-0.4, -0.2) is 36.4 Å². The third kappa shape index (κ3) is 60.3. The van der Waals surface area contributed by atoms with Gasteiger partial charge < -0.3 is 14.6 Å². The molecule has 5 heteroatoms. The van der Waals surface area contributed by atoms with Crippen molar-refractivity contribution in [1.29, 1.82) is 0 Å². The number of esters is 2. The molecule has 0 aromatic heterocycles. The molecular formula is C69H112O5.